The molecule has 0 N–H and O–H groups in total. The van der Waals surface area contributed by atoms with Gasteiger partial charge >= 0.3 is 5.97 Å². The Kier molecular flexibility index (Phi) is 9.01. The van der Waals surface area contributed by atoms with Gasteiger partial charge in [0.2, 0.25) is 12.5 Å². The summed E-state index contributed by atoms with van der Waals surface area (Å²) >= 11 is 4.24. The second-order valence-corrected chi connectivity index (χ2v) is 8.66. The molecule has 0 spiro atoms. The van der Waals surface area contributed by atoms with Gasteiger partial charge in [-0.1, -0.05) is 39.8 Å². The summed E-state index contributed by atoms with van der Waals surface area (Å²) in [7, 11) is 0. The third-order valence-corrected chi connectivity index (χ3v) is 6.74. The molecule has 2 aliphatic heterocycles. The molecule has 186 valence electrons. The van der Waals surface area contributed by atoms with E-state index < -0.39 is 10.8 Å². The highest BCUT2D eigenvalue weighted by Crippen LogP contribution is 2.51. The van der Waals surface area contributed by atoms with Crippen LogP contribution < -0.4 is 4.57 Å². The number of thioether (sulfide) groups is 1. The van der Waals surface area contributed by atoms with E-state index in [0.717, 1.165) is 5.56 Å². The lowest BCUT2D eigenvalue weighted by Gasteiger charge is -2.33. The van der Waals surface area contributed by atoms with Crippen molar-refractivity contribution in [2.24, 2.45) is 0 Å². The minimum atomic E-state index is -0.588. The molecule has 0 aliphatic carbocycles. The quantitative estimate of drug-likeness (QED) is 0.167. The molecule has 1 aromatic heterocycles. The Bertz CT molecular complexity index is 1300. The van der Waals surface area contributed by atoms with Gasteiger partial charge in [-0.2, -0.15) is 9.83 Å². The lowest BCUT2D eigenvalue weighted by molar-refractivity contribution is -0.686. The van der Waals surface area contributed by atoms with Gasteiger partial charge in [0.05, 0.1) is 34.0 Å². The van der Waals surface area contributed by atoms with Crippen LogP contribution in [0.5, 0.6) is 0 Å². The van der Waals surface area contributed by atoms with Crippen LogP contribution in [0.4, 0.5) is 5.69 Å². The number of nitro groups is 1. The first-order valence-electron chi connectivity index (χ1n) is 10.9. The molecule has 1 saturated heterocycles. The Morgan fingerprint density at radius 1 is 1.33 bits per heavy atom. The first-order chi connectivity index (χ1) is 17.3. The van der Waals surface area contributed by atoms with Crippen molar-refractivity contribution < 1.29 is 23.8 Å². The highest BCUT2D eigenvalue weighted by atomic mass is 79.9. The summed E-state index contributed by atoms with van der Waals surface area (Å²) in [5.74, 6) is 0.972. The number of ether oxygens (including phenoxy) is 1. The molecule has 0 radical (unpaired) electrons. The van der Waals surface area contributed by atoms with Gasteiger partial charge in [-0.15, -0.1) is 0 Å². The summed E-state index contributed by atoms with van der Waals surface area (Å²) < 4.78 is 6.66. The number of fused-ring (bicyclic) bond motifs is 1. The molecule has 1 unspecified atom stereocenters. The number of aromatic nitrogens is 1. The highest BCUT2D eigenvalue weighted by molar-refractivity contribution is 9.08. The third kappa shape index (κ3) is 5.34. The van der Waals surface area contributed by atoms with Crippen LogP contribution in [0.2, 0.25) is 0 Å². The van der Waals surface area contributed by atoms with Crippen molar-refractivity contribution in [3.8, 4) is 6.07 Å². The lowest BCUT2D eigenvalue weighted by atomic mass is 9.79. The van der Waals surface area contributed by atoms with E-state index in [0.29, 0.717) is 34.0 Å². The second-order valence-electron chi connectivity index (χ2n) is 7.70. The van der Waals surface area contributed by atoms with Crippen molar-refractivity contribution in [3.05, 3.63) is 86.3 Å². The van der Waals surface area contributed by atoms with E-state index in [9.17, 15) is 25.0 Å². The van der Waals surface area contributed by atoms with Gasteiger partial charge in [-0.05, 0) is 36.4 Å². The molecular formula is C25H24BrN4O5S+. The van der Waals surface area contributed by atoms with Crippen LogP contribution >= 0.6 is 27.7 Å². The number of nitriles is 1. The van der Waals surface area contributed by atoms with E-state index >= 15 is 0 Å². The number of amides is 1. The zero-order chi connectivity index (χ0) is 26.4. The van der Waals surface area contributed by atoms with Crippen LogP contribution in [0.3, 0.4) is 0 Å². The SMILES string of the molecule is CBr.CCOC(=O)C[n+]1ccc(C2=C(C)N3C(=O)CSC3=C(C#N)C2c2cccc([N+](=O)[O-])c2)cc1. The van der Waals surface area contributed by atoms with Crippen molar-refractivity contribution in [1.82, 2.24) is 4.90 Å². The predicted molar refractivity (Wildman–Crippen MR) is 138 cm³/mol. The molecule has 11 heteroatoms. The Hall–Kier alpha value is -3.49. The Morgan fingerprint density at radius 3 is 2.64 bits per heavy atom. The monoisotopic (exact) mass is 571 g/mol. The molecule has 0 bridgehead atoms. The zero-order valence-electron chi connectivity index (χ0n) is 19.9. The van der Waals surface area contributed by atoms with Crippen LogP contribution in [0.1, 0.15) is 30.9 Å². The molecule has 2 aromatic rings. The average Bonchev–Trinajstić information content (AvgIpc) is 3.27. The Labute approximate surface area is 221 Å². The number of esters is 1. The van der Waals surface area contributed by atoms with Crippen molar-refractivity contribution in [1.29, 1.82) is 5.26 Å². The topological polar surface area (TPSA) is 117 Å². The Balaban J connectivity index is 0.00000176. The maximum Gasteiger partial charge on any atom is 0.372 e. The largest absolute Gasteiger partial charge is 0.461 e. The van der Waals surface area contributed by atoms with Crippen LogP contribution in [-0.2, 0) is 20.9 Å². The van der Waals surface area contributed by atoms with Crippen molar-refractivity contribution in [3.63, 3.8) is 0 Å². The van der Waals surface area contributed by atoms with Gasteiger partial charge in [0.25, 0.3) is 5.69 Å². The summed E-state index contributed by atoms with van der Waals surface area (Å²) in [6, 6.07) is 12.1. The second kappa shape index (κ2) is 12.0. The van der Waals surface area contributed by atoms with Gasteiger partial charge in [-0.25, -0.2) is 4.79 Å². The minimum absolute atomic E-state index is 0.0508. The van der Waals surface area contributed by atoms with E-state index in [1.54, 1.807) is 53.0 Å². The number of hydrogen-bond acceptors (Lipinski definition) is 7. The number of hydrogen-bond donors (Lipinski definition) is 0. The van der Waals surface area contributed by atoms with E-state index in [2.05, 4.69) is 22.0 Å². The lowest BCUT2D eigenvalue weighted by Crippen LogP contribution is -2.38. The van der Waals surface area contributed by atoms with Crippen LogP contribution in [-0.4, -0.2) is 39.9 Å². The molecule has 1 aromatic carbocycles. The molecule has 9 nitrogen and oxygen atoms in total. The van der Waals surface area contributed by atoms with Crippen LogP contribution in [0.25, 0.3) is 5.57 Å². The van der Waals surface area contributed by atoms with E-state index in [1.165, 1.54) is 23.9 Å². The molecule has 0 saturated carbocycles. The smallest absolute Gasteiger partial charge is 0.372 e. The van der Waals surface area contributed by atoms with Crippen molar-refractivity contribution in [2.45, 2.75) is 26.3 Å². The first-order valence-corrected chi connectivity index (χ1v) is 13.5. The summed E-state index contributed by atoms with van der Waals surface area (Å²) in [6.07, 6.45) is 3.45. The summed E-state index contributed by atoms with van der Waals surface area (Å²) in [4.78, 5) is 37.0. The van der Waals surface area contributed by atoms with Crippen molar-refractivity contribution in [2.75, 3.05) is 18.2 Å². The number of pyridine rings is 1. The summed E-state index contributed by atoms with van der Waals surface area (Å²) in [5, 5.41) is 22.1. The minimum Gasteiger partial charge on any atom is -0.461 e. The number of halogens is 1. The molecule has 1 fully saturated rings. The molecule has 2 aliphatic rings. The summed E-state index contributed by atoms with van der Waals surface area (Å²) in [5.41, 5.74) is 3.01. The summed E-state index contributed by atoms with van der Waals surface area (Å²) in [6.45, 7) is 3.90. The van der Waals surface area contributed by atoms with E-state index in [-0.39, 0.29) is 29.9 Å². The van der Waals surface area contributed by atoms with Gasteiger partial charge < -0.3 is 4.74 Å². The van der Waals surface area contributed by atoms with Gasteiger partial charge in [-0.3, -0.25) is 19.8 Å². The maximum atomic E-state index is 12.7. The highest BCUT2D eigenvalue weighted by Gasteiger charge is 2.41. The molecule has 3 heterocycles. The van der Waals surface area contributed by atoms with Gasteiger partial charge in [0, 0.05) is 35.9 Å². The average molecular weight is 572 g/mol. The number of nitro benzene ring substituents is 1. The molecule has 1 amide bonds. The maximum absolute atomic E-state index is 12.7. The molecule has 1 atom stereocenters. The number of alkyl halides is 1. The number of carbonyl (C=O) groups excluding carboxylic acids is 2. The standard InChI is InChI=1S/C24H21N4O5S.CH3Br/c1-3-33-21(30)13-26-9-7-16(8-10-26)22-15(2)27-20(29)14-34-24(27)19(12-25)23(22)17-5-4-6-18(11-17)28(31)32;1-2/h4-11,23H,3,13-14H2,1-2H3;1H3/q+1;. The number of rotatable bonds is 6. The molecule has 4 rings (SSSR count). The number of carbonyl (C=O) groups is 2. The van der Waals surface area contributed by atoms with E-state index in [4.69, 9.17) is 4.74 Å². The fourth-order valence-corrected chi connectivity index (χ4v) is 5.32. The van der Waals surface area contributed by atoms with Gasteiger partial charge in [0.15, 0.2) is 12.4 Å². The van der Waals surface area contributed by atoms with Gasteiger partial charge in [0.1, 0.15) is 0 Å². The number of allylic oxidation sites excluding steroid dienone is 3. The molecular weight excluding hydrogens is 548 g/mol. The normalized spacial score (nSPS) is 16.7. The zero-order valence-corrected chi connectivity index (χ0v) is 22.3. The number of benzene rings is 1. The van der Waals surface area contributed by atoms with Crippen LogP contribution in [0, 0.1) is 21.4 Å². The molecule has 36 heavy (non-hydrogen) atoms. The van der Waals surface area contributed by atoms with E-state index in [1.807, 2.05) is 12.8 Å². The fraction of sp³-hybridized carbons (Fsp3) is 0.280. The Morgan fingerprint density at radius 2 is 2.03 bits per heavy atom. The predicted octanol–water partition coefficient (Wildman–Crippen LogP) is 4.30. The van der Waals surface area contributed by atoms with Crippen molar-refractivity contribution >= 4 is 50.8 Å². The van der Waals surface area contributed by atoms with Crippen LogP contribution in [0.15, 0.2) is 65.1 Å². The third-order valence-electron chi connectivity index (χ3n) is 5.67. The number of non-ortho nitro benzene ring substituents is 1. The first kappa shape index (κ1) is 27.1. The fourth-order valence-electron chi connectivity index (χ4n) is 4.24. The number of nitrogens with zero attached hydrogens (tertiary/aromatic N) is 4.